The molecule has 0 spiro atoms. The van der Waals surface area contributed by atoms with Crippen LogP contribution in [0.25, 0.3) is 0 Å². The van der Waals surface area contributed by atoms with Crippen LogP contribution in [0.4, 0.5) is 0 Å². The van der Waals surface area contributed by atoms with Crippen molar-refractivity contribution >= 4 is 11.8 Å². The average molecular weight is 201 g/mol. The fourth-order valence-corrected chi connectivity index (χ4v) is 0.843. The number of carbonyl (C=O) groups excluding carboxylic acids is 2. The number of ether oxygens (including phenoxy) is 1. The molecular formula is C9H15NO4. The minimum atomic E-state index is -0.683. The van der Waals surface area contributed by atoms with Crippen molar-refractivity contribution in [3.8, 4) is 0 Å². The van der Waals surface area contributed by atoms with Crippen LogP contribution in [0.5, 0.6) is 0 Å². The minimum Gasteiger partial charge on any atom is -0.465 e. The molecule has 0 saturated carbocycles. The first-order valence-corrected chi connectivity index (χ1v) is 4.13. The SMILES string of the molecule is COC(=O)/C(=C/N(C)C)C(=O)CCO. The van der Waals surface area contributed by atoms with Crippen molar-refractivity contribution in [3.05, 3.63) is 11.8 Å². The standard InChI is InChI=1S/C9H15NO4/c1-10(2)6-7(9(13)14-3)8(12)4-5-11/h6,11H,4-5H2,1-3H3/b7-6+. The lowest BCUT2D eigenvalue weighted by Crippen LogP contribution is -2.18. The molecule has 0 radical (unpaired) electrons. The van der Waals surface area contributed by atoms with Crippen LogP contribution in [-0.4, -0.2) is 49.6 Å². The van der Waals surface area contributed by atoms with Crippen LogP contribution in [-0.2, 0) is 14.3 Å². The van der Waals surface area contributed by atoms with Gasteiger partial charge in [0.25, 0.3) is 0 Å². The Labute approximate surface area is 83.0 Å². The number of hydrogen-bond donors (Lipinski definition) is 1. The Kier molecular flexibility index (Phi) is 5.55. The third kappa shape index (κ3) is 4.04. The number of carbonyl (C=O) groups is 2. The van der Waals surface area contributed by atoms with Crippen molar-refractivity contribution in [2.24, 2.45) is 0 Å². The molecule has 0 fully saturated rings. The van der Waals surface area contributed by atoms with E-state index in [4.69, 9.17) is 5.11 Å². The number of esters is 1. The molecule has 0 saturated heterocycles. The van der Waals surface area contributed by atoms with E-state index < -0.39 is 11.8 Å². The smallest absolute Gasteiger partial charge is 0.342 e. The van der Waals surface area contributed by atoms with Crippen molar-refractivity contribution in [1.82, 2.24) is 4.90 Å². The fraction of sp³-hybridized carbons (Fsp3) is 0.556. The molecule has 0 rings (SSSR count). The van der Waals surface area contributed by atoms with Gasteiger partial charge >= 0.3 is 5.97 Å². The Hall–Kier alpha value is -1.36. The maximum absolute atomic E-state index is 11.3. The Balaban J connectivity index is 4.72. The molecule has 0 atom stereocenters. The molecular weight excluding hydrogens is 186 g/mol. The molecule has 14 heavy (non-hydrogen) atoms. The summed E-state index contributed by atoms with van der Waals surface area (Å²) in [5.41, 5.74) is -0.0495. The molecule has 1 N–H and O–H groups in total. The molecule has 0 unspecified atom stereocenters. The number of aliphatic hydroxyl groups excluding tert-OH is 1. The van der Waals surface area contributed by atoms with Crippen LogP contribution < -0.4 is 0 Å². The van der Waals surface area contributed by atoms with E-state index in [0.29, 0.717) is 0 Å². The zero-order valence-corrected chi connectivity index (χ0v) is 8.61. The first kappa shape index (κ1) is 12.6. The van der Waals surface area contributed by atoms with E-state index in [1.54, 1.807) is 19.0 Å². The summed E-state index contributed by atoms with van der Waals surface area (Å²) >= 11 is 0. The number of methoxy groups -OCH3 is 1. The van der Waals surface area contributed by atoms with Crippen molar-refractivity contribution in [1.29, 1.82) is 0 Å². The fourth-order valence-electron chi connectivity index (χ4n) is 0.843. The van der Waals surface area contributed by atoms with E-state index >= 15 is 0 Å². The number of hydrogen-bond acceptors (Lipinski definition) is 5. The van der Waals surface area contributed by atoms with Gasteiger partial charge in [0.2, 0.25) is 0 Å². The molecule has 5 heteroatoms. The van der Waals surface area contributed by atoms with Gasteiger partial charge in [0, 0.05) is 26.7 Å². The molecule has 0 bridgehead atoms. The van der Waals surface area contributed by atoms with Gasteiger partial charge in [-0.2, -0.15) is 0 Å². The summed E-state index contributed by atoms with van der Waals surface area (Å²) in [7, 11) is 4.59. The van der Waals surface area contributed by atoms with Crippen LogP contribution in [0, 0.1) is 0 Å². The molecule has 0 aliphatic rings. The Morgan fingerprint density at radius 1 is 1.43 bits per heavy atom. The van der Waals surface area contributed by atoms with Gasteiger partial charge in [0.15, 0.2) is 5.78 Å². The Morgan fingerprint density at radius 3 is 2.36 bits per heavy atom. The van der Waals surface area contributed by atoms with Gasteiger partial charge in [0.1, 0.15) is 5.57 Å². The molecule has 0 heterocycles. The van der Waals surface area contributed by atoms with Gasteiger partial charge in [-0.1, -0.05) is 0 Å². The first-order valence-electron chi connectivity index (χ1n) is 4.13. The monoisotopic (exact) mass is 201 g/mol. The summed E-state index contributed by atoms with van der Waals surface area (Å²) in [5, 5.41) is 8.56. The zero-order chi connectivity index (χ0) is 11.1. The number of ketones is 1. The minimum absolute atomic E-state index is 0.0495. The van der Waals surface area contributed by atoms with Gasteiger partial charge in [-0.3, -0.25) is 4.79 Å². The van der Waals surface area contributed by atoms with E-state index in [0.717, 1.165) is 0 Å². The molecule has 80 valence electrons. The highest BCUT2D eigenvalue weighted by Crippen LogP contribution is 2.03. The zero-order valence-electron chi connectivity index (χ0n) is 8.61. The predicted octanol–water partition coefficient (Wildman–Crippen LogP) is -0.444. The molecule has 0 aromatic carbocycles. The lowest BCUT2D eigenvalue weighted by Gasteiger charge is -2.08. The normalized spacial score (nSPS) is 11.0. The summed E-state index contributed by atoms with van der Waals surface area (Å²) in [6, 6.07) is 0. The van der Waals surface area contributed by atoms with Crippen LogP contribution in [0.1, 0.15) is 6.42 Å². The lowest BCUT2D eigenvalue weighted by atomic mass is 10.1. The highest BCUT2D eigenvalue weighted by Gasteiger charge is 2.18. The van der Waals surface area contributed by atoms with E-state index in [1.165, 1.54) is 13.3 Å². The van der Waals surface area contributed by atoms with Gasteiger partial charge in [0.05, 0.1) is 13.7 Å². The van der Waals surface area contributed by atoms with Gasteiger partial charge in [-0.25, -0.2) is 4.79 Å². The molecule has 0 aromatic heterocycles. The second-order valence-corrected chi connectivity index (χ2v) is 2.89. The van der Waals surface area contributed by atoms with Crippen LogP contribution >= 0.6 is 0 Å². The molecule has 0 aromatic rings. The van der Waals surface area contributed by atoms with Gasteiger partial charge < -0.3 is 14.7 Å². The second kappa shape index (κ2) is 6.15. The third-order valence-corrected chi connectivity index (χ3v) is 1.43. The molecule has 0 aliphatic heterocycles. The van der Waals surface area contributed by atoms with E-state index in [9.17, 15) is 9.59 Å². The number of aliphatic hydroxyl groups is 1. The number of Topliss-reactive ketones (excluding diaryl/α,β-unsaturated/α-hetero) is 1. The van der Waals surface area contributed by atoms with Crippen LogP contribution in [0.3, 0.4) is 0 Å². The molecule has 5 nitrogen and oxygen atoms in total. The van der Waals surface area contributed by atoms with E-state index in [-0.39, 0.29) is 18.6 Å². The lowest BCUT2D eigenvalue weighted by molar-refractivity contribution is -0.138. The maximum Gasteiger partial charge on any atom is 0.342 e. The Morgan fingerprint density at radius 2 is 2.00 bits per heavy atom. The maximum atomic E-state index is 11.3. The Bertz CT molecular complexity index is 245. The summed E-state index contributed by atoms with van der Waals surface area (Å²) in [4.78, 5) is 24.0. The third-order valence-electron chi connectivity index (χ3n) is 1.43. The van der Waals surface area contributed by atoms with Crippen molar-refractivity contribution < 1.29 is 19.4 Å². The topological polar surface area (TPSA) is 66.8 Å². The largest absolute Gasteiger partial charge is 0.465 e. The second-order valence-electron chi connectivity index (χ2n) is 2.89. The predicted molar refractivity (Wildman–Crippen MR) is 50.5 cm³/mol. The first-order chi connectivity index (χ1) is 6.52. The highest BCUT2D eigenvalue weighted by molar-refractivity contribution is 6.17. The van der Waals surface area contributed by atoms with Crippen molar-refractivity contribution in [3.63, 3.8) is 0 Å². The molecule has 0 amide bonds. The average Bonchev–Trinajstić information content (AvgIpc) is 2.13. The summed E-state index contributed by atoms with van der Waals surface area (Å²) in [6.07, 6.45) is 1.30. The highest BCUT2D eigenvalue weighted by atomic mass is 16.5. The molecule has 0 aliphatic carbocycles. The van der Waals surface area contributed by atoms with Crippen LogP contribution in [0.2, 0.25) is 0 Å². The summed E-state index contributed by atoms with van der Waals surface area (Å²) in [6.45, 7) is -0.277. The van der Waals surface area contributed by atoms with Gasteiger partial charge in [-0.15, -0.1) is 0 Å². The van der Waals surface area contributed by atoms with Gasteiger partial charge in [-0.05, 0) is 0 Å². The van der Waals surface area contributed by atoms with Crippen molar-refractivity contribution in [2.45, 2.75) is 6.42 Å². The number of rotatable bonds is 5. The van der Waals surface area contributed by atoms with E-state index in [1.807, 2.05) is 0 Å². The summed E-state index contributed by atoms with van der Waals surface area (Å²) in [5.74, 6) is -1.11. The number of nitrogens with zero attached hydrogens (tertiary/aromatic N) is 1. The van der Waals surface area contributed by atoms with Crippen molar-refractivity contribution in [2.75, 3.05) is 27.8 Å². The van der Waals surface area contributed by atoms with Crippen LogP contribution in [0.15, 0.2) is 11.8 Å². The quantitative estimate of drug-likeness (QED) is 0.282. The summed E-state index contributed by atoms with van der Waals surface area (Å²) < 4.78 is 4.44. The van der Waals surface area contributed by atoms with E-state index in [2.05, 4.69) is 4.74 Å².